The number of rotatable bonds is 3. The fraction of sp³-hybridized carbons (Fsp3) is 0.583. The van der Waals surface area contributed by atoms with Crippen molar-refractivity contribution in [2.45, 2.75) is 127 Å². The maximum atomic E-state index is 7.74. The third-order valence-electron chi connectivity index (χ3n) is 14.6. The van der Waals surface area contributed by atoms with Crippen LogP contribution in [-0.2, 0) is 33.7 Å². The van der Waals surface area contributed by atoms with Crippen LogP contribution in [0.15, 0.2) is 77.7 Å². The van der Waals surface area contributed by atoms with Crippen LogP contribution in [0.1, 0.15) is 130 Å². The quantitative estimate of drug-likeness (QED) is 0.292. The van der Waals surface area contributed by atoms with E-state index in [4.69, 9.17) is 18.9 Å². The zero-order chi connectivity index (χ0) is 35.2. The summed E-state index contributed by atoms with van der Waals surface area (Å²) >= 11 is 0. The molecule has 4 aliphatic heterocycles. The second-order valence-corrected chi connectivity index (χ2v) is 17.4. The third-order valence-corrected chi connectivity index (χ3v) is 14.6. The largest absolute Gasteiger partial charge is 0.489 e. The fourth-order valence-electron chi connectivity index (χ4n) is 11.8. The molecule has 4 heterocycles. The number of benzene rings is 1. The van der Waals surface area contributed by atoms with Crippen LogP contribution in [0.4, 0.5) is 0 Å². The Morgan fingerprint density at radius 2 is 1.64 bits per heavy atom. The van der Waals surface area contributed by atoms with Crippen LogP contribution in [0, 0.1) is 23.7 Å². The molecule has 53 heavy (non-hydrogen) atoms. The highest BCUT2D eigenvalue weighted by molar-refractivity contribution is 5.72. The number of morpholine rings is 1. The number of hydrogen-bond donors (Lipinski definition) is 0. The molecule has 2 fully saturated rings. The summed E-state index contributed by atoms with van der Waals surface area (Å²) in [6.45, 7) is 4.03. The SMILES string of the molecule is C1=C[C@@H]2C3=C(C=CC2CC1)OCc1c2c(c4c(c1C1CCCCC1CCC3)CCCC4)O[C@](C1=CCC(N3CCOCC3)=CO1)([C@@H]1CC=CCC1)C=C2. The van der Waals surface area contributed by atoms with Gasteiger partial charge >= 0.3 is 0 Å². The van der Waals surface area contributed by atoms with E-state index in [1.165, 1.54) is 93.0 Å². The second-order valence-electron chi connectivity index (χ2n) is 17.4. The first-order valence-electron chi connectivity index (χ1n) is 21.6. The summed E-state index contributed by atoms with van der Waals surface area (Å²) in [6.07, 6.45) is 44.1. The second kappa shape index (κ2) is 14.7. The van der Waals surface area contributed by atoms with Crippen molar-refractivity contribution in [1.29, 1.82) is 0 Å². The van der Waals surface area contributed by atoms with Crippen LogP contribution in [0.3, 0.4) is 0 Å². The molecule has 0 N–H and O–H groups in total. The van der Waals surface area contributed by atoms with E-state index in [1.54, 1.807) is 16.7 Å². The van der Waals surface area contributed by atoms with Crippen molar-refractivity contribution in [3.8, 4) is 5.75 Å². The molecule has 3 unspecified atom stereocenters. The molecule has 280 valence electrons. The van der Waals surface area contributed by atoms with E-state index >= 15 is 0 Å². The van der Waals surface area contributed by atoms with Crippen LogP contribution in [0.25, 0.3) is 6.08 Å². The van der Waals surface area contributed by atoms with Gasteiger partial charge in [-0.3, -0.25) is 0 Å². The first kappa shape index (κ1) is 34.1. The van der Waals surface area contributed by atoms with Crippen molar-refractivity contribution in [3.05, 3.63) is 105 Å². The highest BCUT2D eigenvalue weighted by Crippen LogP contribution is 2.54. The summed E-state index contributed by atoms with van der Waals surface area (Å²) in [6, 6.07) is 0. The van der Waals surface area contributed by atoms with Gasteiger partial charge in [-0.15, -0.1) is 0 Å². The van der Waals surface area contributed by atoms with Crippen LogP contribution in [-0.4, -0.2) is 36.8 Å². The lowest BCUT2D eigenvalue weighted by Crippen LogP contribution is -2.47. The van der Waals surface area contributed by atoms with Gasteiger partial charge in [-0.1, -0.05) is 49.3 Å². The molecule has 9 aliphatic rings. The van der Waals surface area contributed by atoms with E-state index < -0.39 is 5.60 Å². The maximum Gasteiger partial charge on any atom is 0.187 e. The van der Waals surface area contributed by atoms with Crippen molar-refractivity contribution in [2.24, 2.45) is 23.7 Å². The molecule has 0 bridgehead atoms. The Kier molecular flexibility index (Phi) is 9.43. The molecule has 1 aromatic carbocycles. The highest BCUT2D eigenvalue weighted by Gasteiger charge is 2.48. The number of nitrogens with zero attached hydrogens (tertiary/aromatic N) is 1. The van der Waals surface area contributed by atoms with Gasteiger partial charge in [-0.05, 0) is 148 Å². The minimum absolute atomic E-state index is 0.313. The van der Waals surface area contributed by atoms with Crippen molar-refractivity contribution < 1.29 is 18.9 Å². The molecule has 0 amide bonds. The maximum absolute atomic E-state index is 7.74. The van der Waals surface area contributed by atoms with Crippen molar-refractivity contribution in [2.75, 3.05) is 26.3 Å². The first-order valence-corrected chi connectivity index (χ1v) is 21.6. The highest BCUT2D eigenvalue weighted by atomic mass is 16.5. The van der Waals surface area contributed by atoms with Crippen LogP contribution in [0.2, 0.25) is 0 Å². The van der Waals surface area contributed by atoms with E-state index in [0.717, 1.165) is 88.0 Å². The van der Waals surface area contributed by atoms with Gasteiger partial charge in [0.25, 0.3) is 0 Å². The molecule has 1 aromatic rings. The predicted molar refractivity (Wildman–Crippen MR) is 211 cm³/mol. The minimum atomic E-state index is -0.629. The lowest BCUT2D eigenvalue weighted by atomic mass is 9.67. The Labute approximate surface area is 317 Å². The minimum Gasteiger partial charge on any atom is -0.489 e. The van der Waals surface area contributed by atoms with Crippen molar-refractivity contribution >= 4 is 6.08 Å². The molecule has 6 atom stereocenters. The molecule has 5 heteroatoms. The van der Waals surface area contributed by atoms with Gasteiger partial charge in [0.1, 0.15) is 30.1 Å². The van der Waals surface area contributed by atoms with Gasteiger partial charge < -0.3 is 23.8 Å². The van der Waals surface area contributed by atoms with E-state index in [-0.39, 0.29) is 0 Å². The van der Waals surface area contributed by atoms with Gasteiger partial charge in [-0.2, -0.15) is 0 Å². The standard InChI is InChI=1S/C48H59NO4/c1-2-14-35(15-3-1)48(45-24-22-36(31-52-45)49-27-29-50-30-28-49)26-25-42-43-32-51-44-23-21-34-12-4-6-16-37(34)39(44)20-10-13-33-11-5-7-17-38(33)46(43)40-18-8-9-19-41(40)47(42)53-48/h1-2,6,16,21,23-26,31,33-35,37-38H,3-5,7-15,17-20,22,27-30,32H2/t33?,34?,35-,37+,38?,48+/m1/s1. The average molecular weight is 714 g/mol. The van der Waals surface area contributed by atoms with E-state index in [1.807, 2.05) is 6.26 Å². The lowest BCUT2D eigenvalue weighted by molar-refractivity contribution is 0.0282. The summed E-state index contributed by atoms with van der Waals surface area (Å²) in [5.74, 6) is 6.05. The summed E-state index contributed by atoms with van der Waals surface area (Å²) in [7, 11) is 0. The predicted octanol–water partition coefficient (Wildman–Crippen LogP) is 10.9. The van der Waals surface area contributed by atoms with Crippen LogP contribution < -0.4 is 4.74 Å². The van der Waals surface area contributed by atoms with Crippen molar-refractivity contribution in [3.63, 3.8) is 0 Å². The molecule has 1 saturated carbocycles. The molecule has 0 spiro atoms. The van der Waals surface area contributed by atoms with Gasteiger partial charge in [0.2, 0.25) is 0 Å². The monoisotopic (exact) mass is 713 g/mol. The first-order chi connectivity index (χ1) is 26.3. The zero-order valence-electron chi connectivity index (χ0n) is 31.8. The normalized spacial score (nSPS) is 33.6. The number of ether oxygens (including phenoxy) is 4. The van der Waals surface area contributed by atoms with Gasteiger partial charge in [0.15, 0.2) is 5.60 Å². The third kappa shape index (κ3) is 6.18. The lowest BCUT2D eigenvalue weighted by Gasteiger charge is -2.45. The van der Waals surface area contributed by atoms with Crippen LogP contribution >= 0.6 is 0 Å². The molecule has 0 radical (unpaired) electrons. The summed E-state index contributed by atoms with van der Waals surface area (Å²) in [5.41, 5.74) is 9.67. The topological polar surface area (TPSA) is 40.2 Å². The molecular formula is C48H59NO4. The molecule has 0 aromatic heterocycles. The van der Waals surface area contributed by atoms with E-state index in [0.29, 0.717) is 30.3 Å². The van der Waals surface area contributed by atoms with Gasteiger partial charge in [0, 0.05) is 42.5 Å². The Morgan fingerprint density at radius 1 is 0.774 bits per heavy atom. The van der Waals surface area contributed by atoms with E-state index in [9.17, 15) is 0 Å². The van der Waals surface area contributed by atoms with Gasteiger partial charge in [-0.25, -0.2) is 0 Å². The number of fused-ring (bicyclic) bond motifs is 10. The Morgan fingerprint density at radius 3 is 2.51 bits per heavy atom. The smallest absolute Gasteiger partial charge is 0.187 e. The summed E-state index contributed by atoms with van der Waals surface area (Å²) < 4.78 is 27.3. The molecular weight excluding hydrogens is 655 g/mol. The molecule has 1 saturated heterocycles. The molecule has 10 rings (SSSR count). The summed E-state index contributed by atoms with van der Waals surface area (Å²) in [5, 5.41) is 0. The number of hydrogen-bond acceptors (Lipinski definition) is 5. The van der Waals surface area contributed by atoms with E-state index in [2.05, 4.69) is 59.6 Å². The molecule has 5 aliphatic carbocycles. The fourth-order valence-corrected chi connectivity index (χ4v) is 11.8. The average Bonchev–Trinajstić information content (AvgIpc) is 3.27. The Balaban J connectivity index is 1.08. The molecule has 5 nitrogen and oxygen atoms in total. The van der Waals surface area contributed by atoms with Gasteiger partial charge in [0.05, 0.1) is 18.9 Å². The van der Waals surface area contributed by atoms with Crippen molar-refractivity contribution in [1.82, 2.24) is 4.90 Å². The summed E-state index contributed by atoms with van der Waals surface area (Å²) in [4.78, 5) is 2.42. The number of allylic oxidation sites excluding steroid dienone is 8. The van der Waals surface area contributed by atoms with Crippen LogP contribution in [0.5, 0.6) is 5.75 Å². The Bertz CT molecular complexity index is 1800. The Hall–Kier alpha value is -3.44. The zero-order valence-corrected chi connectivity index (χ0v) is 31.8.